The Kier molecular flexibility index (Phi) is 3.85. The number of aromatic nitrogens is 1. The van der Waals surface area contributed by atoms with E-state index in [2.05, 4.69) is 46.1 Å². The molecule has 0 aromatic carbocycles. The summed E-state index contributed by atoms with van der Waals surface area (Å²) in [7, 11) is 0. The normalized spacial score (nSPS) is 24.7. The van der Waals surface area contributed by atoms with Crippen molar-refractivity contribution >= 4 is 21.6 Å². The summed E-state index contributed by atoms with van der Waals surface area (Å²) in [5.74, 6) is 0.836. The van der Waals surface area contributed by atoms with Crippen molar-refractivity contribution in [3.63, 3.8) is 0 Å². The molecule has 88 valence electrons. The summed E-state index contributed by atoms with van der Waals surface area (Å²) in [4.78, 5) is 4.42. The lowest BCUT2D eigenvalue weighted by Gasteiger charge is -2.21. The molecule has 1 aliphatic carbocycles. The van der Waals surface area contributed by atoms with Crippen molar-refractivity contribution in [3.05, 3.63) is 22.4 Å². The number of halogens is 1. The zero-order chi connectivity index (χ0) is 11.5. The van der Waals surface area contributed by atoms with E-state index in [4.69, 9.17) is 0 Å². The molecule has 0 radical (unpaired) electrons. The van der Waals surface area contributed by atoms with Gasteiger partial charge in [0.2, 0.25) is 0 Å². The van der Waals surface area contributed by atoms with Gasteiger partial charge in [0, 0.05) is 6.04 Å². The average Bonchev–Trinajstić information content (AvgIpc) is 2.69. The molecule has 1 saturated carbocycles. The largest absolute Gasteiger partial charge is 0.381 e. The Balaban J connectivity index is 2.08. The molecule has 0 spiro atoms. The molecule has 0 aliphatic heterocycles. The summed E-state index contributed by atoms with van der Waals surface area (Å²) >= 11 is 3.40. The standard InChI is InChI=1S/C13H19BrN2/c1-3-10-5-4-6-12(10)16-11-7-8-13(14)15-9(11)2/h7-8,10,12,16H,3-6H2,1-2H3. The van der Waals surface area contributed by atoms with E-state index in [-0.39, 0.29) is 0 Å². The summed E-state index contributed by atoms with van der Waals surface area (Å²) in [6.07, 6.45) is 5.31. The third-order valence-electron chi connectivity index (χ3n) is 3.58. The first-order valence-electron chi connectivity index (χ1n) is 6.10. The van der Waals surface area contributed by atoms with Crippen LogP contribution in [0, 0.1) is 12.8 Å². The second-order valence-corrected chi connectivity index (χ2v) is 5.43. The van der Waals surface area contributed by atoms with Crippen LogP contribution in [0.1, 0.15) is 38.3 Å². The van der Waals surface area contributed by atoms with Gasteiger partial charge in [0.25, 0.3) is 0 Å². The molecule has 2 atom stereocenters. The van der Waals surface area contributed by atoms with Crippen molar-refractivity contribution in [3.8, 4) is 0 Å². The van der Waals surface area contributed by atoms with Gasteiger partial charge in [-0.15, -0.1) is 0 Å². The number of nitrogens with zero attached hydrogens (tertiary/aromatic N) is 1. The third-order valence-corrected chi connectivity index (χ3v) is 4.02. The van der Waals surface area contributed by atoms with Crippen molar-refractivity contribution in [1.29, 1.82) is 0 Å². The van der Waals surface area contributed by atoms with Crippen LogP contribution in [0.5, 0.6) is 0 Å². The van der Waals surface area contributed by atoms with E-state index in [1.54, 1.807) is 0 Å². The Morgan fingerprint density at radius 2 is 2.25 bits per heavy atom. The van der Waals surface area contributed by atoms with Crippen LogP contribution in [-0.2, 0) is 0 Å². The smallest absolute Gasteiger partial charge is 0.106 e. The average molecular weight is 283 g/mol. The first kappa shape index (κ1) is 11.9. The molecule has 1 N–H and O–H groups in total. The predicted octanol–water partition coefficient (Wildman–Crippen LogP) is 4.14. The van der Waals surface area contributed by atoms with E-state index in [1.165, 1.54) is 31.4 Å². The lowest BCUT2D eigenvalue weighted by molar-refractivity contribution is 0.489. The zero-order valence-corrected chi connectivity index (χ0v) is 11.5. The van der Waals surface area contributed by atoms with Gasteiger partial charge in [-0.3, -0.25) is 0 Å². The van der Waals surface area contributed by atoms with Crippen molar-refractivity contribution in [1.82, 2.24) is 4.98 Å². The highest BCUT2D eigenvalue weighted by Crippen LogP contribution is 2.31. The van der Waals surface area contributed by atoms with Crippen molar-refractivity contribution in [2.45, 2.75) is 45.6 Å². The second kappa shape index (κ2) is 5.17. The minimum Gasteiger partial charge on any atom is -0.381 e. The molecule has 16 heavy (non-hydrogen) atoms. The van der Waals surface area contributed by atoms with Gasteiger partial charge in [-0.25, -0.2) is 4.98 Å². The van der Waals surface area contributed by atoms with Gasteiger partial charge in [0.05, 0.1) is 11.4 Å². The van der Waals surface area contributed by atoms with Crippen LogP contribution < -0.4 is 5.32 Å². The molecule has 1 aliphatic rings. The van der Waals surface area contributed by atoms with Crippen molar-refractivity contribution < 1.29 is 0 Å². The second-order valence-electron chi connectivity index (χ2n) is 4.62. The molecule has 0 bridgehead atoms. The summed E-state index contributed by atoms with van der Waals surface area (Å²) in [6, 6.07) is 4.77. The van der Waals surface area contributed by atoms with Crippen LogP contribution in [0.3, 0.4) is 0 Å². The van der Waals surface area contributed by atoms with Crippen LogP contribution in [0.2, 0.25) is 0 Å². The first-order chi connectivity index (χ1) is 7.70. The fourth-order valence-electron chi connectivity index (χ4n) is 2.60. The molecule has 3 heteroatoms. The van der Waals surface area contributed by atoms with Crippen LogP contribution in [0.4, 0.5) is 5.69 Å². The zero-order valence-electron chi connectivity index (χ0n) is 9.96. The Labute approximate surface area is 106 Å². The van der Waals surface area contributed by atoms with Gasteiger partial charge in [-0.1, -0.05) is 19.8 Å². The molecule has 1 aromatic heterocycles. The number of hydrogen-bond acceptors (Lipinski definition) is 2. The number of rotatable bonds is 3. The van der Waals surface area contributed by atoms with E-state index >= 15 is 0 Å². The van der Waals surface area contributed by atoms with Crippen LogP contribution in [0.25, 0.3) is 0 Å². The van der Waals surface area contributed by atoms with Crippen molar-refractivity contribution in [2.24, 2.45) is 5.92 Å². The Morgan fingerprint density at radius 3 is 2.94 bits per heavy atom. The highest BCUT2D eigenvalue weighted by molar-refractivity contribution is 9.10. The summed E-state index contributed by atoms with van der Waals surface area (Å²) in [5.41, 5.74) is 2.27. The summed E-state index contributed by atoms with van der Waals surface area (Å²) < 4.78 is 0.911. The maximum Gasteiger partial charge on any atom is 0.106 e. The third kappa shape index (κ3) is 2.57. The molecule has 0 amide bonds. The topological polar surface area (TPSA) is 24.9 Å². The lowest BCUT2D eigenvalue weighted by atomic mass is 10.0. The monoisotopic (exact) mass is 282 g/mol. The fraction of sp³-hybridized carbons (Fsp3) is 0.615. The SMILES string of the molecule is CCC1CCCC1Nc1ccc(Br)nc1C. The van der Waals surface area contributed by atoms with Gasteiger partial charge in [0.1, 0.15) is 4.60 Å². The summed E-state index contributed by atoms with van der Waals surface area (Å²) in [6.45, 7) is 4.35. The molecule has 1 aromatic rings. The maximum absolute atomic E-state index is 4.42. The van der Waals surface area contributed by atoms with Gasteiger partial charge < -0.3 is 5.32 Å². The quantitative estimate of drug-likeness (QED) is 0.843. The van der Waals surface area contributed by atoms with E-state index in [1.807, 2.05) is 6.07 Å². The Hall–Kier alpha value is -0.570. The number of anilines is 1. The molecular formula is C13H19BrN2. The summed E-state index contributed by atoms with van der Waals surface area (Å²) in [5, 5.41) is 3.65. The highest BCUT2D eigenvalue weighted by Gasteiger charge is 2.25. The minimum absolute atomic E-state index is 0.645. The first-order valence-corrected chi connectivity index (χ1v) is 6.89. The van der Waals surface area contributed by atoms with Crippen molar-refractivity contribution in [2.75, 3.05) is 5.32 Å². The number of nitrogens with one attached hydrogen (secondary N) is 1. The van der Waals surface area contributed by atoms with Gasteiger partial charge in [-0.05, 0) is 53.7 Å². The number of pyridine rings is 1. The van der Waals surface area contributed by atoms with E-state index < -0.39 is 0 Å². The molecule has 2 nitrogen and oxygen atoms in total. The molecule has 2 rings (SSSR count). The van der Waals surface area contributed by atoms with Crippen LogP contribution in [0.15, 0.2) is 16.7 Å². The molecule has 1 heterocycles. The fourth-order valence-corrected chi connectivity index (χ4v) is 3.00. The predicted molar refractivity (Wildman–Crippen MR) is 71.7 cm³/mol. The van der Waals surface area contributed by atoms with E-state index in [0.717, 1.165) is 16.2 Å². The van der Waals surface area contributed by atoms with Crippen LogP contribution >= 0.6 is 15.9 Å². The highest BCUT2D eigenvalue weighted by atomic mass is 79.9. The molecule has 1 fully saturated rings. The molecule has 2 unspecified atom stereocenters. The van der Waals surface area contributed by atoms with E-state index in [9.17, 15) is 0 Å². The molecular weight excluding hydrogens is 264 g/mol. The Morgan fingerprint density at radius 1 is 1.44 bits per heavy atom. The minimum atomic E-state index is 0.645. The number of hydrogen-bond donors (Lipinski definition) is 1. The maximum atomic E-state index is 4.42. The van der Waals surface area contributed by atoms with Gasteiger partial charge >= 0.3 is 0 Å². The van der Waals surface area contributed by atoms with Gasteiger partial charge in [-0.2, -0.15) is 0 Å². The van der Waals surface area contributed by atoms with Gasteiger partial charge in [0.15, 0.2) is 0 Å². The Bertz CT molecular complexity index is 365. The van der Waals surface area contributed by atoms with E-state index in [0.29, 0.717) is 6.04 Å². The lowest BCUT2D eigenvalue weighted by Crippen LogP contribution is -2.24. The van der Waals surface area contributed by atoms with Crippen LogP contribution in [-0.4, -0.2) is 11.0 Å². The molecule has 0 saturated heterocycles. The number of aryl methyl sites for hydroxylation is 1.